The molecule has 2 atom stereocenters. The quantitative estimate of drug-likeness (QED) is 0.423. The number of anilines is 1. The zero-order chi connectivity index (χ0) is 14.7. The van der Waals surface area contributed by atoms with Gasteiger partial charge in [0.05, 0.1) is 12.9 Å². The van der Waals surface area contributed by atoms with E-state index in [4.69, 9.17) is 15.2 Å². The summed E-state index contributed by atoms with van der Waals surface area (Å²) in [7, 11) is 1.31. The lowest BCUT2D eigenvalue weighted by molar-refractivity contribution is -0.170. The number of nitrogens with zero attached hydrogens (tertiary/aromatic N) is 3. The number of aliphatic hydroxyl groups excluding tert-OH is 1. The third-order valence-corrected chi connectivity index (χ3v) is 2.73. The summed E-state index contributed by atoms with van der Waals surface area (Å²) in [5.74, 6) is -0.0915. The number of fused-ring (bicyclic) bond motifs is 1. The van der Waals surface area contributed by atoms with E-state index in [1.54, 1.807) is 0 Å². The van der Waals surface area contributed by atoms with Gasteiger partial charge in [0, 0.05) is 7.11 Å². The van der Waals surface area contributed by atoms with Gasteiger partial charge in [-0.1, -0.05) is 0 Å². The van der Waals surface area contributed by atoms with E-state index in [0.717, 1.165) is 0 Å². The maximum atomic E-state index is 11.7. The second kappa shape index (κ2) is 5.67. The van der Waals surface area contributed by atoms with E-state index in [-0.39, 0.29) is 23.6 Å². The van der Waals surface area contributed by atoms with Crippen LogP contribution < -0.4 is 11.3 Å². The van der Waals surface area contributed by atoms with E-state index < -0.39 is 24.5 Å². The molecule has 2 heterocycles. The lowest BCUT2D eigenvalue weighted by Crippen LogP contribution is -2.31. The highest BCUT2D eigenvalue weighted by Gasteiger charge is 2.26. The molecule has 4 N–H and O–H groups in total. The van der Waals surface area contributed by atoms with Gasteiger partial charge in [0.1, 0.15) is 6.04 Å². The highest BCUT2D eigenvalue weighted by Crippen LogP contribution is 2.19. The number of hydrogen-bond donors (Lipinski definition) is 3. The van der Waals surface area contributed by atoms with Crippen molar-refractivity contribution in [2.45, 2.75) is 12.3 Å². The number of imidazole rings is 1. The molecule has 0 aliphatic rings. The molecule has 20 heavy (non-hydrogen) atoms. The molecule has 2 aromatic rings. The van der Waals surface area contributed by atoms with Crippen LogP contribution in [0.5, 0.6) is 0 Å². The van der Waals surface area contributed by atoms with Gasteiger partial charge in [-0.05, 0) is 0 Å². The summed E-state index contributed by atoms with van der Waals surface area (Å²) in [5.41, 5.74) is 5.18. The standard InChI is InChI=1S/C10H13N5O5/c1-19-9(20-4-17)5(2-16)15-3-12-6-7(15)13-10(11)14-8(6)18/h3-5,9,16H,2H2,1H3,(H3,11,13,14,18). The summed E-state index contributed by atoms with van der Waals surface area (Å²) in [6.07, 6.45) is 0.227. The summed E-state index contributed by atoms with van der Waals surface area (Å²) in [5, 5.41) is 9.45. The first-order valence-electron chi connectivity index (χ1n) is 5.57. The molecule has 0 fully saturated rings. The Balaban J connectivity index is 2.55. The first-order chi connectivity index (χ1) is 9.62. The zero-order valence-electron chi connectivity index (χ0n) is 10.5. The van der Waals surface area contributed by atoms with E-state index in [1.165, 1.54) is 18.0 Å². The monoisotopic (exact) mass is 283 g/mol. The molecule has 10 heteroatoms. The molecule has 0 aliphatic carbocycles. The number of methoxy groups -OCH3 is 1. The van der Waals surface area contributed by atoms with Gasteiger partial charge < -0.3 is 24.9 Å². The van der Waals surface area contributed by atoms with Gasteiger partial charge in [-0.3, -0.25) is 14.6 Å². The summed E-state index contributed by atoms with van der Waals surface area (Å²) in [6, 6.07) is -0.816. The van der Waals surface area contributed by atoms with Crippen molar-refractivity contribution in [1.82, 2.24) is 19.5 Å². The molecule has 0 saturated heterocycles. The number of rotatable bonds is 6. The Morgan fingerprint density at radius 3 is 3.00 bits per heavy atom. The van der Waals surface area contributed by atoms with Crippen molar-refractivity contribution in [3.05, 3.63) is 16.7 Å². The average molecular weight is 283 g/mol. The zero-order valence-corrected chi connectivity index (χ0v) is 10.5. The third-order valence-electron chi connectivity index (χ3n) is 2.73. The number of aliphatic hydroxyl groups is 1. The van der Waals surface area contributed by atoms with Crippen LogP contribution in [-0.4, -0.2) is 51.1 Å². The summed E-state index contributed by atoms with van der Waals surface area (Å²) in [6.45, 7) is -0.225. The molecule has 0 amide bonds. The number of nitrogens with two attached hydrogens (primary N) is 1. The lowest BCUT2D eigenvalue weighted by atomic mass is 10.3. The molecule has 0 radical (unpaired) electrons. The SMILES string of the molecule is COC(OC=O)C(CO)n1cnc2c(=O)[nH]c(N)nc21. The van der Waals surface area contributed by atoms with Crippen molar-refractivity contribution in [2.24, 2.45) is 0 Å². The fourth-order valence-electron chi connectivity index (χ4n) is 1.85. The predicted molar refractivity (Wildman–Crippen MR) is 66.6 cm³/mol. The number of H-pyrrole nitrogens is 1. The number of hydrogen-bond acceptors (Lipinski definition) is 8. The van der Waals surface area contributed by atoms with Crippen LogP contribution in [0.25, 0.3) is 11.2 Å². The second-order valence-corrected chi connectivity index (χ2v) is 3.86. The van der Waals surface area contributed by atoms with Crippen LogP contribution in [0.15, 0.2) is 11.1 Å². The molecule has 0 spiro atoms. The Labute approximate surface area is 112 Å². The number of ether oxygens (including phenoxy) is 2. The molecule has 0 bridgehead atoms. The molecular weight excluding hydrogens is 270 g/mol. The fourth-order valence-corrected chi connectivity index (χ4v) is 1.85. The number of aromatic nitrogens is 4. The fraction of sp³-hybridized carbons (Fsp3) is 0.400. The van der Waals surface area contributed by atoms with Gasteiger partial charge in [-0.15, -0.1) is 0 Å². The van der Waals surface area contributed by atoms with E-state index in [2.05, 4.69) is 15.0 Å². The average Bonchev–Trinajstić information content (AvgIpc) is 2.82. The molecular formula is C10H13N5O5. The lowest BCUT2D eigenvalue weighted by Gasteiger charge is -2.23. The van der Waals surface area contributed by atoms with Gasteiger partial charge in [-0.25, -0.2) is 4.98 Å². The number of carbonyl (C=O) groups excluding carboxylic acids is 1. The van der Waals surface area contributed by atoms with Crippen molar-refractivity contribution in [3.63, 3.8) is 0 Å². The topological polar surface area (TPSA) is 145 Å². The Kier molecular flexibility index (Phi) is 3.96. The van der Waals surface area contributed by atoms with E-state index in [0.29, 0.717) is 0 Å². The van der Waals surface area contributed by atoms with Gasteiger partial charge in [0.2, 0.25) is 12.2 Å². The van der Waals surface area contributed by atoms with Gasteiger partial charge in [0.15, 0.2) is 11.2 Å². The Morgan fingerprint density at radius 2 is 2.40 bits per heavy atom. The Bertz CT molecular complexity index is 666. The van der Waals surface area contributed by atoms with Crippen LogP contribution in [0.2, 0.25) is 0 Å². The first-order valence-corrected chi connectivity index (χ1v) is 5.57. The molecule has 2 rings (SSSR count). The van der Waals surface area contributed by atoms with Crippen molar-refractivity contribution in [3.8, 4) is 0 Å². The second-order valence-electron chi connectivity index (χ2n) is 3.86. The first kappa shape index (κ1) is 14.0. The highest BCUT2D eigenvalue weighted by molar-refractivity contribution is 5.70. The van der Waals surface area contributed by atoms with Crippen LogP contribution >= 0.6 is 0 Å². The Hall–Kier alpha value is -2.46. The number of carbonyl (C=O) groups is 1. The van der Waals surface area contributed by atoms with E-state index in [9.17, 15) is 14.7 Å². The molecule has 2 unspecified atom stereocenters. The van der Waals surface area contributed by atoms with Crippen LogP contribution in [0.1, 0.15) is 6.04 Å². The van der Waals surface area contributed by atoms with Gasteiger partial charge >= 0.3 is 0 Å². The molecule has 0 saturated carbocycles. The third kappa shape index (κ3) is 2.33. The summed E-state index contributed by atoms with van der Waals surface area (Å²) >= 11 is 0. The summed E-state index contributed by atoms with van der Waals surface area (Å²) < 4.78 is 11.1. The maximum absolute atomic E-state index is 11.7. The molecule has 2 aromatic heterocycles. The molecule has 108 valence electrons. The summed E-state index contributed by atoms with van der Waals surface area (Å²) in [4.78, 5) is 32.2. The van der Waals surface area contributed by atoms with Crippen LogP contribution in [-0.2, 0) is 14.3 Å². The minimum Gasteiger partial charge on any atom is -0.436 e. The van der Waals surface area contributed by atoms with Crippen LogP contribution in [0.3, 0.4) is 0 Å². The van der Waals surface area contributed by atoms with Crippen molar-refractivity contribution in [2.75, 3.05) is 19.5 Å². The number of nitrogen functional groups attached to an aromatic ring is 1. The number of nitrogens with one attached hydrogen (secondary N) is 1. The maximum Gasteiger partial charge on any atom is 0.295 e. The molecule has 10 nitrogen and oxygen atoms in total. The number of aromatic amines is 1. The molecule has 0 aromatic carbocycles. The van der Waals surface area contributed by atoms with E-state index >= 15 is 0 Å². The van der Waals surface area contributed by atoms with Gasteiger partial charge in [0.25, 0.3) is 12.0 Å². The van der Waals surface area contributed by atoms with Crippen LogP contribution in [0, 0.1) is 0 Å². The minimum atomic E-state index is -1.06. The highest BCUT2D eigenvalue weighted by atomic mass is 16.7. The Morgan fingerprint density at radius 1 is 1.65 bits per heavy atom. The van der Waals surface area contributed by atoms with E-state index in [1.807, 2.05) is 0 Å². The van der Waals surface area contributed by atoms with Crippen molar-refractivity contribution in [1.29, 1.82) is 0 Å². The van der Waals surface area contributed by atoms with Gasteiger partial charge in [-0.2, -0.15) is 4.98 Å². The molecule has 0 aliphatic heterocycles. The predicted octanol–water partition coefficient (Wildman–Crippen LogP) is -1.62. The minimum absolute atomic E-state index is 0.0543. The normalized spacial score (nSPS) is 14.1. The van der Waals surface area contributed by atoms with Crippen molar-refractivity contribution >= 4 is 23.6 Å². The smallest absolute Gasteiger partial charge is 0.295 e. The largest absolute Gasteiger partial charge is 0.436 e. The van der Waals surface area contributed by atoms with Crippen LogP contribution in [0.4, 0.5) is 5.95 Å². The van der Waals surface area contributed by atoms with Crippen molar-refractivity contribution < 1.29 is 19.4 Å².